The molecule has 106 valence electrons. The number of ketones is 1. The van der Waals surface area contributed by atoms with E-state index in [9.17, 15) is 9.18 Å². The lowest BCUT2D eigenvalue weighted by molar-refractivity contribution is 0.0849. The summed E-state index contributed by atoms with van der Waals surface area (Å²) in [5.41, 5.74) is 2.44. The van der Waals surface area contributed by atoms with Crippen molar-refractivity contribution in [2.45, 2.75) is 18.9 Å². The second-order valence-corrected chi connectivity index (χ2v) is 5.34. The van der Waals surface area contributed by atoms with E-state index in [0.717, 1.165) is 23.3 Å². The molecular weight excluding hydrogens is 271 g/mol. The summed E-state index contributed by atoms with van der Waals surface area (Å²) in [7, 11) is 0. The van der Waals surface area contributed by atoms with E-state index in [-0.39, 0.29) is 18.3 Å². The number of rotatable bonds is 1. The number of hydrogen-bond donors (Lipinski definition) is 0. The number of benzene rings is 2. The van der Waals surface area contributed by atoms with Gasteiger partial charge in [-0.15, -0.1) is 0 Å². The zero-order valence-corrected chi connectivity index (χ0v) is 11.3. The highest BCUT2D eigenvalue weighted by Gasteiger charge is 2.28. The molecule has 2 aromatic rings. The highest BCUT2D eigenvalue weighted by atomic mass is 19.1. The van der Waals surface area contributed by atoms with E-state index in [2.05, 4.69) is 0 Å². The summed E-state index contributed by atoms with van der Waals surface area (Å²) in [5.74, 6) is 0.856. The van der Waals surface area contributed by atoms with E-state index >= 15 is 0 Å². The van der Waals surface area contributed by atoms with Crippen molar-refractivity contribution in [3.63, 3.8) is 0 Å². The first kappa shape index (κ1) is 12.4. The first-order valence-electron chi connectivity index (χ1n) is 6.96. The molecule has 0 saturated heterocycles. The molecule has 1 unspecified atom stereocenters. The third-order valence-corrected chi connectivity index (χ3v) is 3.97. The monoisotopic (exact) mass is 284 g/mol. The molecule has 3 nitrogen and oxygen atoms in total. The quantitative estimate of drug-likeness (QED) is 0.804. The maximum absolute atomic E-state index is 13.2. The van der Waals surface area contributed by atoms with Crippen molar-refractivity contribution < 1.29 is 18.7 Å². The second-order valence-electron chi connectivity index (χ2n) is 5.34. The van der Waals surface area contributed by atoms with Crippen LogP contribution in [0.1, 0.15) is 34.0 Å². The normalized spacial score (nSPS) is 19.5. The molecule has 2 aliphatic rings. The molecular formula is C17H13FO3. The number of carbonyl (C=O) groups excluding carboxylic acids is 1. The molecule has 0 aliphatic carbocycles. The van der Waals surface area contributed by atoms with Gasteiger partial charge in [-0.25, -0.2) is 4.39 Å². The summed E-state index contributed by atoms with van der Waals surface area (Å²) in [6, 6.07) is 9.96. The molecule has 0 spiro atoms. The number of Topliss-reactive ketones (excluding diaryl/α,β-unsaturated/α-hetero) is 1. The van der Waals surface area contributed by atoms with E-state index in [1.807, 2.05) is 18.2 Å². The molecule has 0 aromatic heterocycles. The van der Waals surface area contributed by atoms with E-state index in [1.165, 1.54) is 18.2 Å². The van der Waals surface area contributed by atoms with Gasteiger partial charge in [0, 0.05) is 6.42 Å². The van der Waals surface area contributed by atoms with E-state index < -0.39 is 5.82 Å². The van der Waals surface area contributed by atoms with Crippen molar-refractivity contribution in [1.29, 1.82) is 0 Å². The molecule has 4 rings (SSSR count). The number of hydrogen-bond acceptors (Lipinski definition) is 3. The number of halogens is 1. The Morgan fingerprint density at radius 1 is 1.10 bits per heavy atom. The van der Waals surface area contributed by atoms with Gasteiger partial charge in [-0.2, -0.15) is 0 Å². The van der Waals surface area contributed by atoms with Gasteiger partial charge < -0.3 is 9.47 Å². The number of ether oxygens (including phenoxy) is 2. The number of carbonyl (C=O) groups is 1. The van der Waals surface area contributed by atoms with Gasteiger partial charge in [0.15, 0.2) is 5.78 Å². The standard InChI is InChI=1S/C17H13FO3/c18-12-2-4-16-13(8-12)14(19)9-17(21-16)10-1-3-15-11(7-10)5-6-20-15/h1-4,7-8,17H,5-6,9H2. The molecule has 2 aliphatic heterocycles. The fourth-order valence-corrected chi connectivity index (χ4v) is 2.89. The molecule has 0 fully saturated rings. The molecule has 21 heavy (non-hydrogen) atoms. The van der Waals surface area contributed by atoms with Crippen LogP contribution >= 0.6 is 0 Å². The minimum absolute atomic E-state index is 0.0856. The Bertz CT molecular complexity index is 739. The molecule has 0 saturated carbocycles. The Labute approximate surface area is 121 Å². The fourth-order valence-electron chi connectivity index (χ4n) is 2.89. The summed E-state index contributed by atoms with van der Waals surface area (Å²) in [6.45, 7) is 0.700. The van der Waals surface area contributed by atoms with E-state index in [1.54, 1.807) is 0 Å². The molecule has 4 heteroatoms. The van der Waals surface area contributed by atoms with Gasteiger partial charge in [-0.3, -0.25) is 4.79 Å². The van der Waals surface area contributed by atoms with Crippen molar-refractivity contribution in [1.82, 2.24) is 0 Å². The first-order valence-corrected chi connectivity index (χ1v) is 6.96. The van der Waals surface area contributed by atoms with Gasteiger partial charge in [0.05, 0.1) is 18.6 Å². The minimum Gasteiger partial charge on any atom is -0.493 e. The zero-order valence-electron chi connectivity index (χ0n) is 11.3. The Morgan fingerprint density at radius 3 is 2.86 bits per heavy atom. The molecule has 0 radical (unpaired) electrons. The van der Waals surface area contributed by atoms with Crippen molar-refractivity contribution >= 4 is 5.78 Å². The lowest BCUT2D eigenvalue weighted by Crippen LogP contribution is -2.20. The van der Waals surface area contributed by atoms with Gasteiger partial charge >= 0.3 is 0 Å². The van der Waals surface area contributed by atoms with Crippen molar-refractivity contribution in [3.8, 4) is 11.5 Å². The van der Waals surface area contributed by atoms with Gasteiger partial charge in [0.25, 0.3) is 0 Å². The Morgan fingerprint density at radius 2 is 1.95 bits per heavy atom. The van der Waals surface area contributed by atoms with Crippen LogP contribution in [0.3, 0.4) is 0 Å². The number of fused-ring (bicyclic) bond motifs is 2. The van der Waals surface area contributed by atoms with Crippen molar-refractivity contribution in [3.05, 3.63) is 58.9 Å². The summed E-state index contributed by atoms with van der Waals surface area (Å²) >= 11 is 0. The highest BCUT2D eigenvalue weighted by molar-refractivity contribution is 6.00. The lowest BCUT2D eigenvalue weighted by atomic mass is 9.95. The molecule has 0 amide bonds. The van der Waals surface area contributed by atoms with Crippen LogP contribution in [0, 0.1) is 5.82 Å². The summed E-state index contributed by atoms with van der Waals surface area (Å²) in [4.78, 5) is 12.2. The average Bonchev–Trinajstić information content (AvgIpc) is 2.95. The second kappa shape index (κ2) is 4.58. The SMILES string of the molecule is O=C1CC(c2ccc3c(c2)CCO3)Oc2ccc(F)cc21. The van der Waals surface area contributed by atoms with Crippen LogP contribution in [0.5, 0.6) is 11.5 Å². The Hall–Kier alpha value is -2.36. The third kappa shape index (κ3) is 2.07. The largest absolute Gasteiger partial charge is 0.493 e. The summed E-state index contributed by atoms with van der Waals surface area (Å²) < 4.78 is 24.6. The average molecular weight is 284 g/mol. The van der Waals surface area contributed by atoms with Crippen LogP contribution < -0.4 is 9.47 Å². The smallest absolute Gasteiger partial charge is 0.170 e. The minimum atomic E-state index is -0.418. The van der Waals surface area contributed by atoms with E-state index in [4.69, 9.17) is 9.47 Å². The molecule has 0 bridgehead atoms. The van der Waals surface area contributed by atoms with Crippen molar-refractivity contribution in [2.75, 3.05) is 6.61 Å². The van der Waals surface area contributed by atoms with Gasteiger partial charge in [0.2, 0.25) is 0 Å². The molecule has 1 atom stereocenters. The lowest BCUT2D eigenvalue weighted by Gasteiger charge is -2.25. The van der Waals surface area contributed by atoms with Crippen LogP contribution in [0.2, 0.25) is 0 Å². The van der Waals surface area contributed by atoms with Crippen LogP contribution in [0.4, 0.5) is 4.39 Å². The summed E-state index contributed by atoms with van der Waals surface area (Å²) in [6.07, 6.45) is 0.795. The predicted molar refractivity (Wildman–Crippen MR) is 74.4 cm³/mol. The van der Waals surface area contributed by atoms with Gasteiger partial charge in [-0.05, 0) is 41.5 Å². The topological polar surface area (TPSA) is 35.5 Å². The Balaban J connectivity index is 1.69. The van der Waals surface area contributed by atoms with Crippen LogP contribution in [0.15, 0.2) is 36.4 Å². The van der Waals surface area contributed by atoms with Crippen LogP contribution in [-0.4, -0.2) is 12.4 Å². The van der Waals surface area contributed by atoms with Crippen LogP contribution in [0.25, 0.3) is 0 Å². The zero-order chi connectivity index (χ0) is 14.4. The van der Waals surface area contributed by atoms with Crippen LogP contribution in [-0.2, 0) is 6.42 Å². The maximum atomic E-state index is 13.2. The summed E-state index contributed by atoms with van der Waals surface area (Å²) in [5, 5.41) is 0. The molecule has 2 heterocycles. The predicted octanol–water partition coefficient (Wildman–Crippen LogP) is 3.47. The fraction of sp³-hybridized carbons (Fsp3) is 0.235. The third-order valence-electron chi connectivity index (χ3n) is 3.97. The van der Waals surface area contributed by atoms with E-state index in [0.29, 0.717) is 17.9 Å². The maximum Gasteiger partial charge on any atom is 0.170 e. The van der Waals surface area contributed by atoms with Crippen molar-refractivity contribution in [2.24, 2.45) is 0 Å². The molecule has 0 N–H and O–H groups in total. The Kier molecular flexibility index (Phi) is 2.70. The van der Waals surface area contributed by atoms with Gasteiger partial charge in [-0.1, -0.05) is 6.07 Å². The first-order chi connectivity index (χ1) is 10.2. The highest BCUT2D eigenvalue weighted by Crippen LogP contribution is 2.37. The molecule has 2 aromatic carbocycles. The van der Waals surface area contributed by atoms with Gasteiger partial charge in [0.1, 0.15) is 23.4 Å².